The Labute approximate surface area is 179 Å². The molecule has 0 spiro atoms. The predicted octanol–water partition coefficient (Wildman–Crippen LogP) is 6.06. The highest BCUT2D eigenvalue weighted by atomic mass is 32.2. The smallest absolute Gasteiger partial charge is 0.319 e. The monoisotopic (exact) mass is 412 g/mol. The van der Waals surface area contributed by atoms with Crippen LogP contribution in [0.5, 0.6) is 0 Å². The summed E-state index contributed by atoms with van der Waals surface area (Å²) in [5.74, 6) is 0.583. The number of ether oxygens (including phenoxy) is 1. The van der Waals surface area contributed by atoms with Crippen LogP contribution in [-0.4, -0.2) is 23.6 Å². The van der Waals surface area contributed by atoms with Gasteiger partial charge in [0, 0.05) is 17.7 Å². The number of esters is 1. The molecule has 0 bridgehead atoms. The third kappa shape index (κ3) is 7.69. The van der Waals surface area contributed by atoms with E-state index in [2.05, 4.69) is 45.0 Å². The van der Waals surface area contributed by atoms with Gasteiger partial charge in [-0.3, -0.25) is 9.59 Å². The average Bonchev–Trinajstić information content (AvgIpc) is 2.69. The van der Waals surface area contributed by atoms with Crippen LogP contribution in [-0.2, 0) is 20.7 Å². The average molecular weight is 413 g/mol. The van der Waals surface area contributed by atoms with Gasteiger partial charge in [0.25, 0.3) is 0 Å². The van der Waals surface area contributed by atoms with Crippen LogP contribution < -0.4 is 0 Å². The zero-order valence-corrected chi connectivity index (χ0v) is 18.9. The third-order valence-corrected chi connectivity index (χ3v) is 5.82. The topological polar surface area (TPSA) is 43.4 Å². The molecule has 2 rings (SSSR count). The fraction of sp³-hybridized carbons (Fsp3) is 0.440. The number of hydrogen-bond donors (Lipinski definition) is 0. The Morgan fingerprint density at radius 2 is 1.59 bits per heavy atom. The maximum Gasteiger partial charge on any atom is 0.319 e. The van der Waals surface area contributed by atoms with Gasteiger partial charge < -0.3 is 4.74 Å². The number of carbonyl (C=O) groups excluding carboxylic acids is 2. The first kappa shape index (κ1) is 23.2. The first-order valence-electron chi connectivity index (χ1n) is 10.1. The van der Waals surface area contributed by atoms with Crippen molar-refractivity contribution < 1.29 is 14.3 Å². The van der Waals surface area contributed by atoms with Crippen molar-refractivity contribution in [2.24, 2.45) is 5.92 Å². The van der Waals surface area contributed by atoms with E-state index in [0.29, 0.717) is 17.9 Å². The van der Waals surface area contributed by atoms with Gasteiger partial charge in [-0.25, -0.2) is 0 Å². The molecular weight excluding hydrogens is 380 g/mol. The van der Waals surface area contributed by atoms with Gasteiger partial charge in [0.1, 0.15) is 5.25 Å². The summed E-state index contributed by atoms with van der Waals surface area (Å²) < 4.78 is 5.44. The van der Waals surface area contributed by atoms with E-state index in [-0.39, 0.29) is 29.5 Å². The van der Waals surface area contributed by atoms with E-state index in [4.69, 9.17) is 4.74 Å². The van der Waals surface area contributed by atoms with Gasteiger partial charge in [-0.1, -0.05) is 89.2 Å². The van der Waals surface area contributed by atoms with Crippen molar-refractivity contribution in [1.29, 1.82) is 0 Å². The van der Waals surface area contributed by atoms with Crippen LogP contribution in [0.4, 0.5) is 0 Å². The summed E-state index contributed by atoms with van der Waals surface area (Å²) >= 11 is 1.48. The molecule has 3 nitrogen and oxygen atoms in total. The molecule has 0 saturated heterocycles. The molecule has 0 amide bonds. The summed E-state index contributed by atoms with van der Waals surface area (Å²) in [6, 6.07) is 17.6. The molecule has 1 atom stereocenters. The molecule has 0 N–H and O–H groups in total. The zero-order chi connectivity index (χ0) is 21.4. The third-order valence-electron chi connectivity index (χ3n) is 4.56. The molecule has 0 aliphatic carbocycles. The number of carbonyl (C=O) groups is 2. The molecule has 0 heterocycles. The van der Waals surface area contributed by atoms with Gasteiger partial charge in [0.05, 0.1) is 6.61 Å². The minimum Gasteiger partial charge on any atom is -0.465 e. The number of thioether (sulfide) groups is 1. The van der Waals surface area contributed by atoms with Crippen LogP contribution in [0.15, 0.2) is 54.6 Å². The number of Topliss-reactive ketones (excluding diaryl/α,β-unsaturated/α-hetero) is 1. The second-order valence-corrected chi connectivity index (χ2v) is 9.95. The lowest BCUT2D eigenvalue weighted by atomic mass is 9.87. The van der Waals surface area contributed by atoms with Gasteiger partial charge >= 0.3 is 5.97 Å². The van der Waals surface area contributed by atoms with E-state index in [1.54, 1.807) is 12.1 Å². The largest absolute Gasteiger partial charge is 0.465 e. The van der Waals surface area contributed by atoms with Crippen molar-refractivity contribution in [2.75, 3.05) is 6.61 Å². The van der Waals surface area contributed by atoms with Crippen molar-refractivity contribution in [1.82, 2.24) is 0 Å². The molecule has 156 valence electrons. The SMILES string of the molecule is CC(C)COC(=O)[C@H](CC(=O)c1ccccc1)SCc1ccc(C(C)(C)C)cc1. The Balaban J connectivity index is 2.06. The van der Waals surface area contributed by atoms with Crippen LogP contribution >= 0.6 is 11.8 Å². The minimum atomic E-state index is -0.510. The van der Waals surface area contributed by atoms with E-state index >= 15 is 0 Å². The zero-order valence-electron chi connectivity index (χ0n) is 18.1. The van der Waals surface area contributed by atoms with Crippen LogP contribution in [0.25, 0.3) is 0 Å². The summed E-state index contributed by atoms with van der Waals surface area (Å²) in [4.78, 5) is 25.3. The fourth-order valence-corrected chi connectivity index (χ4v) is 3.82. The number of ketones is 1. The van der Waals surface area contributed by atoms with Crippen LogP contribution in [0.1, 0.15) is 62.5 Å². The normalized spacial score (nSPS) is 12.6. The van der Waals surface area contributed by atoms with Gasteiger partial charge in [-0.2, -0.15) is 0 Å². The van der Waals surface area contributed by atoms with Crippen molar-refractivity contribution >= 4 is 23.5 Å². The molecule has 4 heteroatoms. The molecule has 0 aliphatic heterocycles. The number of rotatable bonds is 9. The van der Waals surface area contributed by atoms with E-state index in [0.717, 1.165) is 5.56 Å². The standard InChI is InChI=1S/C25H32O3S/c1-18(2)16-28-24(27)23(15-22(26)20-9-7-6-8-10-20)29-17-19-11-13-21(14-12-19)25(3,4)5/h6-14,18,23H,15-17H2,1-5H3/t23-/m0/s1. The molecule has 0 fully saturated rings. The first-order valence-corrected chi connectivity index (χ1v) is 11.2. The Kier molecular flexibility index (Phi) is 8.51. The minimum absolute atomic E-state index is 0.0346. The second kappa shape index (κ2) is 10.6. The molecule has 0 aliphatic rings. The summed E-state index contributed by atoms with van der Waals surface area (Å²) in [6.45, 7) is 10.9. The highest BCUT2D eigenvalue weighted by molar-refractivity contribution is 7.99. The summed E-state index contributed by atoms with van der Waals surface area (Å²) in [5.41, 5.74) is 3.15. The van der Waals surface area contributed by atoms with Crippen LogP contribution in [0, 0.1) is 5.92 Å². The Morgan fingerprint density at radius 1 is 0.966 bits per heavy atom. The first-order chi connectivity index (χ1) is 13.7. The molecule has 2 aromatic carbocycles. The molecule has 29 heavy (non-hydrogen) atoms. The highest BCUT2D eigenvalue weighted by Crippen LogP contribution is 2.26. The summed E-state index contributed by atoms with van der Waals surface area (Å²) in [7, 11) is 0. The Morgan fingerprint density at radius 3 is 2.14 bits per heavy atom. The molecular formula is C25H32O3S. The summed E-state index contributed by atoms with van der Waals surface area (Å²) in [6.07, 6.45) is 0.145. The fourth-order valence-electron chi connectivity index (χ4n) is 2.76. The van der Waals surface area contributed by atoms with E-state index in [1.807, 2.05) is 32.0 Å². The molecule has 0 aromatic heterocycles. The summed E-state index contributed by atoms with van der Waals surface area (Å²) in [5, 5.41) is -0.510. The van der Waals surface area contributed by atoms with Crippen molar-refractivity contribution in [3.05, 3.63) is 71.3 Å². The van der Waals surface area contributed by atoms with Crippen LogP contribution in [0.3, 0.4) is 0 Å². The lowest BCUT2D eigenvalue weighted by molar-refractivity contribution is -0.144. The van der Waals surface area contributed by atoms with E-state index in [9.17, 15) is 9.59 Å². The molecule has 0 saturated carbocycles. The maximum absolute atomic E-state index is 12.6. The lowest BCUT2D eigenvalue weighted by Gasteiger charge is -2.19. The Bertz CT molecular complexity index is 789. The molecule has 0 unspecified atom stereocenters. The van der Waals surface area contributed by atoms with Crippen molar-refractivity contribution in [3.8, 4) is 0 Å². The van der Waals surface area contributed by atoms with E-state index in [1.165, 1.54) is 17.3 Å². The maximum atomic E-state index is 12.6. The molecule has 0 radical (unpaired) electrons. The quantitative estimate of drug-likeness (QED) is 0.371. The number of hydrogen-bond acceptors (Lipinski definition) is 4. The lowest BCUT2D eigenvalue weighted by Crippen LogP contribution is -2.25. The van der Waals surface area contributed by atoms with Gasteiger partial charge in [-0.05, 0) is 22.5 Å². The Hall–Kier alpha value is -2.07. The predicted molar refractivity (Wildman–Crippen MR) is 121 cm³/mol. The van der Waals surface area contributed by atoms with Crippen LogP contribution in [0.2, 0.25) is 0 Å². The molecule has 2 aromatic rings. The van der Waals surface area contributed by atoms with Gasteiger partial charge in [0.2, 0.25) is 0 Å². The van der Waals surface area contributed by atoms with E-state index < -0.39 is 5.25 Å². The second-order valence-electron chi connectivity index (χ2n) is 8.76. The van der Waals surface area contributed by atoms with Crippen molar-refractivity contribution in [2.45, 2.75) is 57.5 Å². The van der Waals surface area contributed by atoms with Crippen molar-refractivity contribution in [3.63, 3.8) is 0 Å². The van der Waals surface area contributed by atoms with Gasteiger partial charge in [-0.15, -0.1) is 11.8 Å². The highest BCUT2D eigenvalue weighted by Gasteiger charge is 2.25. The van der Waals surface area contributed by atoms with Gasteiger partial charge in [0.15, 0.2) is 5.78 Å². The number of benzene rings is 2.